The summed E-state index contributed by atoms with van der Waals surface area (Å²) in [5.41, 5.74) is 5.76. The highest BCUT2D eigenvalue weighted by Crippen LogP contribution is 2.54. The first-order chi connectivity index (χ1) is 12.8. The number of benzene rings is 2. The van der Waals surface area contributed by atoms with Crippen LogP contribution < -0.4 is 10.2 Å². The molecule has 2 aromatic carbocycles. The van der Waals surface area contributed by atoms with Crippen LogP contribution in [0, 0.1) is 5.92 Å². The van der Waals surface area contributed by atoms with Crippen LogP contribution in [0.15, 0.2) is 48.5 Å². The van der Waals surface area contributed by atoms with E-state index in [0.29, 0.717) is 24.3 Å². The highest BCUT2D eigenvalue weighted by Gasteiger charge is 2.53. The fourth-order valence-corrected chi connectivity index (χ4v) is 5.09. The minimum Gasteiger partial charge on any atom is -0.371 e. The van der Waals surface area contributed by atoms with Gasteiger partial charge in [-0.3, -0.25) is 4.79 Å². The summed E-state index contributed by atoms with van der Waals surface area (Å²) in [6.07, 6.45) is 5.08. The standard InChI is InChI=1S/C23H26N2O/c26-21(10-5-14-25-15-13-17-7-2-4-9-20(17)25)24-23-19-12-11-16-6-1-3-8-18(16)22(19)23/h1-4,6-9,19,22-23H,5,10-15H2,(H,24,26)/t19-,22+,23+/m0/s1. The van der Waals surface area contributed by atoms with Crippen LogP contribution in [-0.4, -0.2) is 25.0 Å². The van der Waals surface area contributed by atoms with Crippen molar-refractivity contribution in [1.29, 1.82) is 0 Å². The third-order valence-electron chi connectivity index (χ3n) is 6.47. The molecule has 0 radical (unpaired) electrons. The molecule has 3 aliphatic rings. The number of rotatable bonds is 5. The highest BCUT2D eigenvalue weighted by molar-refractivity contribution is 5.77. The Morgan fingerprint density at radius 3 is 2.77 bits per heavy atom. The summed E-state index contributed by atoms with van der Waals surface area (Å²) in [4.78, 5) is 14.9. The Kier molecular flexibility index (Phi) is 3.96. The second-order valence-corrected chi connectivity index (χ2v) is 7.99. The van der Waals surface area contributed by atoms with E-state index in [1.807, 2.05) is 0 Å². The summed E-state index contributed by atoms with van der Waals surface area (Å²) < 4.78 is 0. The van der Waals surface area contributed by atoms with Gasteiger partial charge in [-0.1, -0.05) is 42.5 Å². The molecule has 134 valence electrons. The van der Waals surface area contributed by atoms with Gasteiger partial charge in [0.1, 0.15) is 0 Å². The van der Waals surface area contributed by atoms with Gasteiger partial charge in [-0.05, 0) is 54.4 Å². The van der Waals surface area contributed by atoms with Crippen LogP contribution >= 0.6 is 0 Å². The van der Waals surface area contributed by atoms with Gasteiger partial charge in [0, 0.05) is 37.2 Å². The molecule has 1 N–H and O–H groups in total. The van der Waals surface area contributed by atoms with Gasteiger partial charge in [0.05, 0.1) is 0 Å². The van der Waals surface area contributed by atoms with Gasteiger partial charge in [0.15, 0.2) is 0 Å². The van der Waals surface area contributed by atoms with Crippen LogP contribution in [0.2, 0.25) is 0 Å². The van der Waals surface area contributed by atoms with Crippen molar-refractivity contribution >= 4 is 11.6 Å². The number of para-hydroxylation sites is 1. The van der Waals surface area contributed by atoms with E-state index < -0.39 is 0 Å². The second kappa shape index (κ2) is 6.46. The number of fused-ring (bicyclic) bond motifs is 4. The van der Waals surface area contributed by atoms with Crippen molar-refractivity contribution in [3.8, 4) is 0 Å². The van der Waals surface area contributed by atoms with Crippen LogP contribution in [-0.2, 0) is 17.6 Å². The summed E-state index contributed by atoms with van der Waals surface area (Å²) in [5, 5.41) is 3.32. The minimum absolute atomic E-state index is 0.231. The molecule has 0 spiro atoms. The molecule has 5 rings (SSSR count). The largest absolute Gasteiger partial charge is 0.371 e. The van der Waals surface area contributed by atoms with Gasteiger partial charge in [-0.2, -0.15) is 0 Å². The number of aryl methyl sites for hydroxylation is 1. The summed E-state index contributed by atoms with van der Waals surface area (Å²) in [5.74, 6) is 1.46. The molecule has 0 unspecified atom stereocenters. The van der Waals surface area contributed by atoms with Crippen LogP contribution in [0.5, 0.6) is 0 Å². The first-order valence-electron chi connectivity index (χ1n) is 10.0. The maximum Gasteiger partial charge on any atom is 0.220 e. The molecule has 2 aliphatic carbocycles. The Morgan fingerprint density at radius 2 is 1.85 bits per heavy atom. The van der Waals surface area contributed by atoms with Crippen molar-refractivity contribution < 1.29 is 4.79 Å². The third-order valence-corrected chi connectivity index (χ3v) is 6.47. The topological polar surface area (TPSA) is 32.3 Å². The lowest BCUT2D eigenvalue weighted by molar-refractivity contribution is -0.121. The molecule has 1 heterocycles. The normalized spacial score (nSPS) is 25.2. The zero-order valence-corrected chi connectivity index (χ0v) is 15.2. The van der Waals surface area contributed by atoms with E-state index in [-0.39, 0.29) is 5.91 Å². The van der Waals surface area contributed by atoms with Gasteiger partial charge in [-0.15, -0.1) is 0 Å². The zero-order valence-electron chi connectivity index (χ0n) is 15.2. The number of nitrogens with zero attached hydrogens (tertiary/aromatic N) is 1. The minimum atomic E-state index is 0.231. The molecule has 2 aromatic rings. The highest BCUT2D eigenvalue weighted by atomic mass is 16.1. The zero-order chi connectivity index (χ0) is 17.5. The maximum absolute atomic E-state index is 12.4. The van der Waals surface area contributed by atoms with Crippen molar-refractivity contribution in [1.82, 2.24) is 5.32 Å². The Balaban J connectivity index is 1.12. The van der Waals surface area contributed by atoms with E-state index >= 15 is 0 Å². The number of anilines is 1. The lowest BCUT2D eigenvalue weighted by Crippen LogP contribution is -2.29. The average Bonchev–Trinajstić information content (AvgIpc) is 3.22. The molecule has 3 atom stereocenters. The lowest BCUT2D eigenvalue weighted by atomic mass is 9.92. The molecule has 1 saturated carbocycles. The van der Waals surface area contributed by atoms with Crippen LogP contribution in [0.1, 0.15) is 41.9 Å². The van der Waals surface area contributed by atoms with Crippen molar-refractivity contribution in [2.24, 2.45) is 5.92 Å². The summed E-state index contributed by atoms with van der Waals surface area (Å²) in [6.45, 7) is 2.06. The number of carbonyl (C=O) groups excluding carboxylic acids is 1. The number of hydrogen-bond donors (Lipinski definition) is 1. The first-order valence-corrected chi connectivity index (χ1v) is 10.0. The number of carbonyl (C=O) groups is 1. The molecule has 1 fully saturated rings. The average molecular weight is 346 g/mol. The molecule has 0 bridgehead atoms. The molecular formula is C23H26N2O. The smallest absolute Gasteiger partial charge is 0.220 e. The molecule has 3 nitrogen and oxygen atoms in total. The lowest BCUT2D eigenvalue weighted by Gasteiger charge is -2.19. The van der Waals surface area contributed by atoms with Gasteiger partial charge in [0.25, 0.3) is 0 Å². The van der Waals surface area contributed by atoms with E-state index in [1.54, 1.807) is 0 Å². The van der Waals surface area contributed by atoms with Crippen molar-refractivity contribution in [3.63, 3.8) is 0 Å². The molecule has 0 saturated heterocycles. The van der Waals surface area contributed by atoms with Crippen LogP contribution in [0.3, 0.4) is 0 Å². The molecule has 1 aliphatic heterocycles. The van der Waals surface area contributed by atoms with E-state index in [4.69, 9.17) is 0 Å². The Bertz CT molecular complexity index is 830. The fraction of sp³-hybridized carbons (Fsp3) is 0.435. The molecule has 1 amide bonds. The number of hydrogen-bond acceptors (Lipinski definition) is 2. The van der Waals surface area contributed by atoms with Crippen molar-refractivity contribution in [3.05, 3.63) is 65.2 Å². The monoisotopic (exact) mass is 346 g/mol. The van der Waals surface area contributed by atoms with E-state index in [2.05, 4.69) is 58.7 Å². The van der Waals surface area contributed by atoms with Gasteiger partial charge < -0.3 is 10.2 Å². The maximum atomic E-state index is 12.4. The van der Waals surface area contributed by atoms with E-state index in [1.165, 1.54) is 28.8 Å². The third kappa shape index (κ3) is 2.80. The molecule has 0 aromatic heterocycles. The van der Waals surface area contributed by atoms with Gasteiger partial charge in [-0.25, -0.2) is 0 Å². The number of nitrogens with one attached hydrogen (secondary N) is 1. The predicted molar refractivity (Wildman–Crippen MR) is 105 cm³/mol. The van der Waals surface area contributed by atoms with Gasteiger partial charge in [0.2, 0.25) is 5.91 Å². The molecular weight excluding hydrogens is 320 g/mol. The Morgan fingerprint density at radius 1 is 1.04 bits per heavy atom. The Labute approximate surface area is 155 Å². The summed E-state index contributed by atoms with van der Waals surface area (Å²) >= 11 is 0. The fourth-order valence-electron chi connectivity index (χ4n) is 5.09. The second-order valence-electron chi connectivity index (χ2n) is 7.99. The van der Waals surface area contributed by atoms with Crippen LogP contribution in [0.25, 0.3) is 0 Å². The predicted octanol–water partition coefficient (Wildman–Crippen LogP) is 3.67. The van der Waals surface area contributed by atoms with Crippen LogP contribution in [0.4, 0.5) is 5.69 Å². The molecule has 3 heteroatoms. The Hall–Kier alpha value is -2.29. The first kappa shape index (κ1) is 15.9. The van der Waals surface area contributed by atoms with Crippen molar-refractivity contribution in [2.75, 3.05) is 18.0 Å². The quantitative estimate of drug-likeness (QED) is 0.896. The van der Waals surface area contributed by atoms with E-state index in [0.717, 1.165) is 32.4 Å². The van der Waals surface area contributed by atoms with Gasteiger partial charge >= 0.3 is 0 Å². The SMILES string of the molecule is O=C(CCCN1CCc2ccccc21)N[C@@H]1[C@H]2CCc3ccccc3[C@H]21. The summed E-state index contributed by atoms with van der Waals surface area (Å²) in [6, 6.07) is 17.8. The number of amides is 1. The van der Waals surface area contributed by atoms with E-state index in [9.17, 15) is 4.79 Å². The summed E-state index contributed by atoms with van der Waals surface area (Å²) in [7, 11) is 0. The van der Waals surface area contributed by atoms with Crippen molar-refractivity contribution in [2.45, 2.75) is 44.1 Å². The molecule has 26 heavy (non-hydrogen) atoms.